The molecule has 1 aromatic heterocycles. The molecule has 1 aromatic carbocycles. The smallest absolute Gasteiger partial charge is 0.137 e. The minimum Gasteiger partial charge on any atom is -0.137 e. The van der Waals surface area contributed by atoms with Crippen molar-refractivity contribution in [2.45, 2.75) is 25.1 Å². The minimum atomic E-state index is 0.712. The van der Waals surface area contributed by atoms with E-state index in [-0.39, 0.29) is 0 Å². The summed E-state index contributed by atoms with van der Waals surface area (Å²) in [4.78, 5) is 0. The number of rotatable bonds is 1. The van der Waals surface area contributed by atoms with Gasteiger partial charge in [0, 0.05) is 5.56 Å². The molecule has 4 heteroatoms. The quantitative estimate of drug-likeness (QED) is 0.768. The summed E-state index contributed by atoms with van der Waals surface area (Å²) >= 11 is 5.71. The summed E-state index contributed by atoms with van der Waals surface area (Å²) in [6, 6.07) is 4.34. The molecule has 0 unspecified atom stereocenters. The van der Waals surface area contributed by atoms with Gasteiger partial charge in [0.25, 0.3) is 0 Å². The van der Waals surface area contributed by atoms with Gasteiger partial charge in [-0.05, 0) is 31.9 Å². The number of aryl methyl sites for hydroxylation is 3. The molecule has 0 saturated heterocycles. The van der Waals surface area contributed by atoms with E-state index in [1.54, 1.807) is 0 Å². The largest absolute Gasteiger partial charge is 0.171 e. The van der Waals surface area contributed by atoms with Gasteiger partial charge in [-0.1, -0.05) is 29.0 Å². The molecule has 0 aliphatic carbocycles. The molecular weight excluding hydrogens is 224 g/mol. The van der Waals surface area contributed by atoms with Crippen molar-refractivity contribution < 1.29 is 0 Å². The maximum Gasteiger partial charge on any atom is 0.171 e. The van der Waals surface area contributed by atoms with Crippen LogP contribution in [0.2, 0.25) is 0 Å². The van der Waals surface area contributed by atoms with Crippen molar-refractivity contribution in [3.05, 3.63) is 28.8 Å². The Kier molecular flexibility index (Phi) is 2.80. The highest BCUT2D eigenvalue weighted by atomic mass is 32.2. The van der Waals surface area contributed by atoms with Crippen molar-refractivity contribution in [2.75, 3.05) is 0 Å². The Hall–Kier alpha value is -0.870. The van der Waals surface area contributed by atoms with E-state index >= 15 is 0 Å². The number of hydrogen-bond acceptors (Lipinski definition) is 4. The highest BCUT2D eigenvalue weighted by Gasteiger charge is 2.10. The van der Waals surface area contributed by atoms with E-state index in [2.05, 4.69) is 55.7 Å². The molecule has 0 fully saturated rings. The average Bonchev–Trinajstić information content (AvgIpc) is 2.49. The van der Waals surface area contributed by atoms with Gasteiger partial charge >= 0.3 is 0 Å². The van der Waals surface area contributed by atoms with E-state index in [0.717, 1.165) is 5.01 Å². The van der Waals surface area contributed by atoms with Gasteiger partial charge in [-0.25, -0.2) is 0 Å². The predicted molar refractivity (Wildman–Crippen MR) is 66.8 cm³/mol. The zero-order valence-electron chi connectivity index (χ0n) is 8.90. The molecule has 2 aromatic rings. The zero-order valence-corrected chi connectivity index (χ0v) is 10.6. The molecule has 78 valence electrons. The van der Waals surface area contributed by atoms with Crippen molar-refractivity contribution in [3.63, 3.8) is 0 Å². The first-order chi connectivity index (χ1) is 7.08. The molecule has 1 heterocycles. The van der Waals surface area contributed by atoms with Crippen LogP contribution in [-0.4, -0.2) is 10.2 Å². The van der Waals surface area contributed by atoms with Gasteiger partial charge in [-0.15, -0.1) is 22.8 Å². The lowest BCUT2D eigenvalue weighted by atomic mass is 10.0. The van der Waals surface area contributed by atoms with E-state index in [9.17, 15) is 0 Å². The van der Waals surface area contributed by atoms with Crippen molar-refractivity contribution in [1.29, 1.82) is 0 Å². The van der Waals surface area contributed by atoms with Gasteiger partial charge in [0.2, 0.25) is 0 Å². The van der Waals surface area contributed by atoms with Crippen LogP contribution in [0, 0.1) is 20.8 Å². The lowest BCUT2D eigenvalue weighted by Crippen LogP contribution is -1.89. The third-order valence-corrected chi connectivity index (χ3v) is 3.41. The van der Waals surface area contributed by atoms with Crippen molar-refractivity contribution in [2.24, 2.45) is 0 Å². The third-order valence-electron chi connectivity index (χ3n) is 2.31. The van der Waals surface area contributed by atoms with Crippen LogP contribution >= 0.6 is 24.0 Å². The summed E-state index contributed by atoms with van der Waals surface area (Å²) in [5.74, 6) is 0. The Bertz CT molecular complexity index is 480. The summed E-state index contributed by atoms with van der Waals surface area (Å²) in [6.45, 7) is 6.32. The van der Waals surface area contributed by atoms with Crippen molar-refractivity contribution in [1.82, 2.24) is 10.2 Å². The molecular formula is C11H12N2S2. The van der Waals surface area contributed by atoms with Gasteiger partial charge in [0.1, 0.15) is 5.01 Å². The van der Waals surface area contributed by atoms with E-state index < -0.39 is 0 Å². The monoisotopic (exact) mass is 236 g/mol. The first kappa shape index (κ1) is 10.6. The van der Waals surface area contributed by atoms with Crippen molar-refractivity contribution in [3.8, 4) is 10.6 Å². The highest BCUT2D eigenvalue weighted by Crippen LogP contribution is 2.31. The number of benzene rings is 1. The Morgan fingerprint density at radius 2 is 1.67 bits per heavy atom. The summed E-state index contributed by atoms with van der Waals surface area (Å²) in [7, 11) is 0. The average molecular weight is 236 g/mol. The van der Waals surface area contributed by atoms with Crippen LogP contribution in [0.25, 0.3) is 10.6 Å². The lowest BCUT2D eigenvalue weighted by Gasteiger charge is -2.07. The summed E-state index contributed by atoms with van der Waals surface area (Å²) < 4.78 is 0.712. The molecule has 2 rings (SSSR count). The van der Waals surface area contributed by atoms with Gasteiger partial charge < -0.3 is 0 Å². The predicted octanol–water partition coefficient (Wildman–Crippen LogP) is 3.42. The molecule has 0 aliphatic heterocycles. The van der Waals surface area contributed by atoms with Crippen LogP contribution < -0.4 is 0 Å². The second-order valence-corrected chi connectivity index (χ2v) is 5.37. The Morgan fingerprint density at radius 3 is 2.13 bits per heavy atom. The summed E-state index contributed by atoms with van der Waals surface area (Å²) in [5.41, 5.74) is 4.97. The van der Waals surface area contributed by atoms with Crippen LogP contribution in [-0.2, 0) is 0 Å². The lowest BCUT2D eigenvalue weighted by molar-refractivity contribution is 1.02. The molecule has 0 N–H and O–H groups in total. The Labute approximate surface area is 98.8 Å². The van der Waals surface area contributed by atoms with Gasteiger partial charge in [0.15, 0.2) is 4.34 Å². The fourth-order valence-electron chi connectivity index (χ4n) is 1.83. The molecule has 0 saturated carbocycles. The van der Waals surface area contributed by atoms with Crippen LogP contribution in [0.1, 0.15) is 16.7 Å². The minimum absolute atomic E-state index is 0.712. The third kappa shape index (κ3) is 2.06. The maximum absolute atomic E-state index is 4.19. The molecule has 0 aliphatic rings. The standard InChI is InChI=1S/C11H12N2S2/c1-6-4-7(2)9(8(3)5-6)10-12-13-11(14)15-10/h4-5H,1-3H3,(H,13,14). The molecule has 0 atom stereocenters. The first-order valence-corrected chi connectivity index (χ1v) is 5.95. The van der Waals surface area contributed by atoms with Crippen LogP contribution in [0.5, 0.6) is 0 Å². The van der Waals surface area contributed by atoms with Gasteiger partial charge in [0.05, 0.1) is 0 Å². The van der Waals surface area contributed by atoms with Crippen LogP contribution in [0.15, 0.2) is 16.5 Å². The second-order valence-electron chi connectivity index (χ2n) is 3.66. The molecule has 0 radical (unpaired) electrons. The normalized spacial score (nSPS) is 10.7. The molecule has 0 spiro atoms. The second kappa shape index (κ2) is 3.94. The maximum atomic E-state index is 4.19. The summed E-state index contributed by atoms with van der Waals surface area (Å²) in [6.07, 6.45) is 0. The Balaban J connectivity index is 2.62. The highest BCUT2D eigenvalue weighted by molar-refractivity contribution is 7.82. The van der Waals surface area contributed by atoms with E-state index in [0.29, 0.717) is 4.34 Å². The van der Waals surface area contributed by atoms with Gasteiger partial charge in [-0.3, -0.25) is 0 Å². The molecule has 0 amide bonds. The SMILES string of the molecule is Cc1cc(C)c(-c2nnc(S)s2)c(C)c1. The zero-order chi connectivity index (χ0) is 11.0. The summed E-state index contributed by atoms with van der Waals surface area (Å²) in [5, 5.41) is 9.01. The van der Waals surface area contributed by atoms with Crippen LogP contribution in [0.4, 0.5) is 0 Å². The van der Waals surface area contributed by atoms with Crippen LogP contribution in [0.3, 0.4) is 0 Å². The van der Waals surface area contributed by atoms with E-state index in [4.69, 9.17) is 0 Å². The Morgan fingerprint density at radius 1 is 1.07 bits per heavy atom. The molecule has 2 nitrogen and oxygen atoms in total. The fourth-order valence-corrected chi connectivity index (χ4v) is 2.90. The fraction of sp³-hybridized carbons (Fsp3) is 0.273. The van der Waals surface area contributed by atoms with E-state index in [1.807, 2.05) is 0 Å². The number of nitrogens with zero attached hydrogens (tertiary/aromatic N) is 2. The number of aromatic nitrogens is 2. The number of hydrogen-bond donors (Lipinski definition) is 1. The molecule has 15 heavy (non-hydrogen) atoms. The van der Waals surface area contributed by atoms with Crippen molar-refractivity contribution >= 4 is 24.0 Å². The number of thiol groups is 1. The topological polar surface area (TPSA) is 25.8 Å². The molecule has 0 bridgehead atoms. The first-order valence-electron chi connectivity index (χ1n) is 4.68. The van der Waals surface area contributed by atoms with Gasteiger partial charge in [-0.2, -0.15) is 0 Å². The van der Waals surface area contributed by atoms with E-state index in [1.165, 1.54) is 33.6 Å².